The summed E-state index contributed by atoms with van der Waals surface area (Å²) in [6.07, 6.45) is 0.845. The molecular formula is C26H27N3O3S. The van der Waals surface area contributed by atoms with Gasteiger partial charge in [-0.1, -0.05) is 12.1 Å². The van der Waals surface area contributed by atoms with Gasteiger partial charge >= 0.3 is 0 Å². The largest absolute Gasteiger partial charge is 0.497 e. The number of ketones is 1. The number of hydrogen-bond acceptors (Lipinski definition) is 5. The SMILES string of the molecule is COc1ccc(CCn2c(C)cc(C(=O)Cn3nc(-c4ccc(C)s4)ccc3=O)c2C)cc1. The molecular weight excluding hydrogens is 434 g/mol. The molecule has 0 unspecified atom stereocenters. The maximum Gasteiger partial charge on any atom is 0.267 e. The number of carbonyl (C=O) groups excluding carboxylic acids is 1. The number of nitrogens with zero attached hydrogens (tertiary/aromatic N) is 3. The zero-order valence-electron chi connectivity index (χ0n) is 19.3. The lowest BCUT2D eigenvalue weighted by atomic mass is 10.1. The van der Waals surface area contributed by atoms with Gasteiger partial charge in [-0.05, 0) is 69.2 Å². The molecule has 0 saturated heterocycles. The lowest BCUT2D eigenvalue weighted by molar-refractivity contribution is 0.0965. The van der Waals surface area contributed by atoms with Crippen molar-refractivity contribution < 1.29 is 9.53 Å². The van der Waals surface area contributed by atoms with E-state index in [0.717, 1.165) is 35.0 Å². The van der Waals surface area contributed by atoms with Crippen molar-refractivity contribution in [1.82, 2.24) is 14.3 Å². The van der Waals surface area contributed by atoms with Crippen LogP contribution in [-0.4, -0.2) is 27.2 Å². The van der Waals surface area contributed by atoms with Crippen LogP contribution in [0.15, 0.2) is 59.4 Å². The molecule has 0 fully saturated rings. The van der Waals surface area contributed by atoms with Crippen molar-refractivity contribution in [2.75, 3.05) is 7.11 Å². The predicted octanol–water partition coefficient (Wildman–Crippen LogP) is 4.83. The minimum Gasteiger partial charge on any atom is -0.497 e. The van der Waals surface area contributed by atoms with E-state index in [2.05, 4.69) is 21.8 Å². The van der Waals surface area contributed by atoms with Crippen LogP contribution < -0.4 is 10.3 Å². The second-order valence-electron chi connectivity index (χ2n) is 8.08. The number of rotatable bonds is 8. The Morgan fingerprint density at radius 2 is 1.79 bits per heavy atom. The average Bonchev–Trinajstić information content (AvgIpc) is 3.37. The Labute approximate surface area is 197 Å². The highest BCUT2D eigenvalue weighted by Crippen LogP contribution is 2.25. The van der Waals surface area contributed by atoms with Crippen LogP contribution in [0.5, 0.6) is 5.75 Å². The van der Waals surface area contributed by atoms with Crippen molar-refractivity contribution in [3.8, 4) is 16.3 Å². The van der Waals surface area contributed by atoms with Gasteiger partial charge in [0.25, 0.3) is 5.56 Å². The van der Waals surface area contributed by atoms with Crippen LogP contribution in [0, 0.1) is 20.8 Å². The van der Waals surface area contributed by atoms with E-state index < -0.39 is 0 Å². The fraction of sp³-hybridized carbons (Fsp3) is 0.269. The number of aryl methyl sites for hydroxylation is 3. The third-order valence-corrected chi connectivity index (χ3v) is 6.83. The van der Waals surface area contributed by atoms with Gasteiger partial charge in [-0.2, -0.15) is 5.10 Å². The van der Waals surface area contributed by atoms with E-state index >= 15 is 0 Å². The lowest BCUT2D eigenvalue weighted by Gasteiger charge is -2.11. The molecule has 0 aliphatic rings. The predicted molar refractivity (Wildman–Crippen MR) is 131 cm³/mol. The number of aromatic nitrogens is 3. The summed E-state index contributed by atoms with van der Waals surface area (Å²) < 4.78 is 8.63. The maximum atomic E-state index is 13.1. The molecule has 0 saturated carbocycles. The van der Waals surface area contributed by atoms with Crippen molar-refractivity contribution in [3.63, 3.8) is 0 Å². The third-order valence-electron chi connectivity index (χ3n) is 5.81. The van der Waals surface area contributed by atoms with E-state index in [-0.39, 0.29) is 17.9 Å². The Morgan fingerprint density at radius 3 is 2.45 bits per heavy atom. The molecule has 7 heteroatoms. The fourth-order valence-corrected chi connectivity index (χ4v) is 4.78. The first-order chi connectivity index (χ1) is 15.9. The van der Waals surface area contributed by atoms with Gasteiger partial charge in [0, 0.05) is 34.4 Å². The molecule has 3 aromatic heterocycles. The summed E-state index contributed by atoms with van der Waals surface area (Å²) in [6, 6.07) is 17.1. The molecule has 170 valence electrons. The van der Waals surface area contributed by atoms with Crippen molar-refractivity contribution in [2.24, 2.45) is 0 Å². The average molecular weight is 462 g/mol. The number of ether oxygens (including phenoxy) is 1. The van der Waals surface area contributed by atoms with Gasteiger partial charge in [-0.15, -0.1) is 11.3 Å². The zero-order chi connectivity index (χ0) is 23.5. The number of hydrogen-bond donors (Lipinski definition) is 0. The normalized spacial score (nSPS) is 11.0. The number of methoxy groups -OCH3 is 1. The first-order valence-corrected chi connectivity index (χ1v) is 11.6. The monoisotopic (exact) mass is 461 g/mol. The second-order valence-corrected chi connectivity index (χ2v) is 9.37. The summed E-state index contributed by atoms with van der Waals surface area (Å²) in [5.41, 5.74) is 4.18. The van der Waals surface area contributed by atoms with Crippen molar-refractivity contribution in [2.45, 2.75) is 40.3 Å². The summed E-state index contributed by atoms with van der Waals surface area (Å²) in [5.74, 6) is 0.718. The van der Waals surface area contributed by atoms with Gasteiger partial charge in [-0.3, -0.25) is 9.59 Å². The Bertz CT molecular complexity index is 1350. The lowest BCUT2D eigenvalue weighted by Crippen LogP contribution is -2.26. The number of Topliss-reactive ketones (excluding diaryl/α,β-unsaturated/α-hetero) is 1. The Hall–Kier alpha value is -3.45. The van der Waals surface area contributed by atoms with Crippen molar-refractivity contribution >= 4 is 17.1 Å². The van der Waals surface area contributed by atoms with Gasteiger partial charge in [-0.25, -0.2) is 4.68 Å². The van der Waals surface area contributed by atoms with Gasteiger partial charge in [0.15, 0.2) is 5.78 Å². The minimum atomic E-state index is -0.284. The highest BCUT2D eigenvalue weighted by Gasteiger charge is 2.17. The molecule has 0 spiro atoms. The molecule has 0 amide bonds. The molecule has 3 heterocycles. The molecule has 0 aliphatic carbocycles. The molecule has 1 aromatic carbocycles. The van der Waals surface area contributed by atoms with Gasteiger partial charge in [0.2, 0.25) is 0 Å². The van der Waals surface area contributed by atoms with Crippen LogP contribution in [0.3, 0.4) is 0 Å². The Morgan fingerprint density at radius 1 is 1.03 bits per heavy atom. The highest BCUT2D eigenvalue weighted by atomic mass is 32.1. The van der Waals surface area contributed by atoms with Crippen LogP contribution in [0.4, 0.5) is 0 Å². The number of benzene rings is 1. The molecule has 0 N–H and O–H groups in total. The van der Waals surface area contributed by atoms with Gasteiger partial charge < -0.3 is 9.30 Å². The van der Waals surface area contributed by atoms with E-state index in [1.54, 1.807) is 24.5 Å². The van der Waals surface area contributed by atoms with E-state index in [0.29, 0.717) is 11.3 Å². The van der Waals surface area contributed by atoms with Crippen LogP contribution in [0.2, 0.25) is 0 Å². The number of thiophene rings is 1. The standard InChI is InChI=1S/C26H27N3O3S/c1-17-15-22(19(3)28(17)14-13-20-6-8-21(32-4)9-7-20)24(30)16-29-26(31)12-10-23(27-29)25-11-5-18(2)33-25/h5-12,15H,13-14,16H2,1-4H3. The molecule has 4 aromatic rings. The highest BCUT2D eigenvalue weighted by molar-refractivity contribution is 7.15. The minimum absolute atomic E-state index is 0.0835. The van der Waals surface area contributed by atoms with Crippen molar-refractivity contribution in [3.05, 3.63) is 92.3 Å². The molecule has 6 nitrogen and oxygen atoms in total. The molecule has 0 bridgehead atoms. The quantitative estimate of drug-likeness (QED) is 0.353. The van der Waals surface area contributed by atoms with E-state index in [9.17, 15) is 9.59 Å². The molecule has 0 radical (unpaired) electrons. The van der Waals surface area contributed by atoms with Crippen LogP contribution in [-0.2, 0) is 19.5 Å². The Kier molecular flexibility index (Phi) is 6.60. The summed E-state index contributed by atoms with van der Waals surface area (Å²) in [6.45, 7) is 6.66. The topological polar surface area (TPSA) is 66.1 Å². The summed E-state index contributed by atoms with van der Waals surface area (Å²) in [5, 5.41) is 4.45. The van der Waals surface area contributed by atoms with Crippen LogP contribution >= 0.6 is 11.3 Å². The van der Waals surface area contributed by atoms with E-state index in [1.807, 2.05) is 51.1 Å². The summed E-state index contributed by atoms with van der Waals surface area (Å²) in [4.78, 5) is 27.6. The maximum absolute atomic E-state index is 13.1. The second kappa shape index (κ2) is 9.58. The van der Waals surface area contributed by atoms with Crippen molar-refractivity contribution in [1.29, 1.82) is 0 Å². The van der Waals surface area contributed by atoms with E-state index in [1.165, 1.54) is 21.2 Å². The third kappa shape index (κ3) is 4.98. The fourth-order valence-electron chi connectivity index (χ4n) is 3.95. The number of carbonyl (C=O) groups is 1. The first kappa shape index (κ1) is 22.7. The molecule has 33 heavy (non-hydrogen) atoms. The zero-order valence-corrected chi connectivity index (χ0v) is 20.1. The van der Waals surface area contributed by atoms with Gasteiger partial charge in [0.05, 0.1) is 12.0 Å². The molecule has 0 atom stereocenters. The van der Waals surface area contributed by atoms with Crippen LogP contribution in [0.25, 0.3) is 10.6 Å². The molecule has 4 rings (SSSR count). The summed E-state index contributed by atoms with van der Waals surface area (Å²) in [7, 11) is 1.66. The van der Waals surface area contributed by atoms with E-state index in [4.69, 9.17) is 4.74 Å². The Balaban J connectivity index is 1.51. The van der Waals surface area contributed by atoms with Crippen LogP contribution in [0.1, 0.15) is 32.2 Å². The smallest absolute Gasteiger partial charge is 0.267 e. The molecule has 0 aliphatic heterocycles. The summed E-state index contributed by atoms with van der Waals surface area (Å²) >= 11 is 1.61. The van der Waals surface area contributed by atoms with Gasteiger partial charge in [0.1, 0.15) is 18.0 Å². The first-order valence-electron chi connectivity index (χ1n) is 10.8.